The van der Waals surface area contributed by atoms with Crippen molar-refractivity contribution in [2.24, 2.45) is 0 Å². The molecule has 2 fully saturated rings. The molecule has 2 heterocycles. The molecule has 4 atom stereocenters. The summed E-state index contributed by atoms with van der Waals surface area (Å²) < 4.78 is 0. The molecule has 5 nitrogen and oxygen atoms in total. The van der Waals surface area contributed by atoms with Gasteiger partial charge in [0.2, 0.25) is 0 Å². The number of hydrogen-bond acceptors (Lipinski definition) is 5. The van der Waals surface area contributed by atoms with Gasteiger partial charge in [0.15, 0.2) is 0 Å². The summed E-state index contributed by atoms with van der Waals surface area (Å²) in [5.41, 5.74) is 2.34. The summed E-state index contributed by atoms with van der Waals surface area (Å²) in [6.07, 6.45) is 10.5. The Morgan fingerprint density at radius 3 is 1.48 bits per heavy atom. The summed E-state index contributed by atoms with van der Waals surface area (Å²) in [6.45, 7) is 3.89. The average Bonchev–Trinajstić information content (AvgIpc) is 2.76. The van der Waals surface area contributed by atoms with Crippen molar-refractivity contribution >= 4 is 20.2 Å². The number of nitrogens with zero attached hydrogens (tertiary/aromatic N) is 1. The molecule has 0 amide bonds. The van der Waals surface area contributed by atoms with Gasteiger partial charge in [0, 0.05) is 50.3 Å². The van der Waals surface area contributed by atoms with Crippen LogP contribution in [0.25, 0.3) is 0 Å². The Bertz CT molecular complexity index is 549. The van der Waals surface area contributed by atoms with Gasteiger partial charge in [-0.2, -0.15) is 0 Å². The van der Waals surface area contributed by atoms with Crippen molar-refractivity contribution in [2.45, 2.75) is 88.6 Å². The van der Waals surface area contributed by atoms with Crippen molar-refractivity contribution in [1.29, 1.82) is 0 Å². The zero-order chi connectivity index (χ0) is 20.3. The number of hydrogen-bond donors (Lipinski definition) is 4. The summed E-state index contributed by atoms with van der Waals surface area (Å²) >= 11 is 0.00694. The molecule has 1 aromatic heterocycles. The quantitative estimate of drug-likeness (QED) is 0.426. The first-order chi connectivity index (χ1) is 14.3. The van der Waals surface area contributed by atoms with Crippen LogP contribution in [-0.2, 0) is 26.2 Å². The summed E-state index contributed by atoms with van der Waals surface area (Å²) in [4.78, 5) is 4.89. The van der Waals surface area contributed by atoms with Crippen LogP contribution in [0.2, 0.25) is 0 Å². The van der Waals surface area contributed by atoms with Crippen LogP contribution >= 0.6 is 20.2 Å². The molecule has 2 bridgehead atoms. The van der Waals surface area contributed by atoms with Crippen LogP contribution in [0.5, 0.6) is 0 Å². The van der Waals surface area contributed by atoms with Gasteiger partial charge in [0.25, 0.3) is 0 Å². The Hall–Kier alpha value is 0.0895. The van der Waals surface area contributed by atoms with E-state index in [1.54, 1.807) is 0 Å². The minimum Gasteiger partial charge on any atom is -0.311 e. The van der Waals surface area contributed by atoms with E-state index in [9.17, 15) is 0 Å². The maximum atomic E-state index is 4.89. The fourth-order valence-corrected chi connectivity index (χ4v) is 4.95. The number of nitrogens with one attached hydrogen (secondary N) is 4. The van der Waals surface area contributed by atoms with Crippen molar-refractivity contribution in [1.82, 2.24) is 26.3 Å². The van der Waals surface area contributed by atoms with Crippen molar-refractivity contribution in [3.05, 3.63) is 29.6 Å². The van der Waals surface area contributed by atoms with Crippen molar-refractivity contribution < 1.29 is 13.1 Å². The van der Waals surface area contributed by atoms with E-state index >= 15 is 0 Å². The third-order valence-electron chi connectivity index (χ3n) is 6.43. The Kier molecular flexibility index (Phi) is 11.0. The first-order valence-corrected chi connectivity index (χ1v) is 14.3. The third-order valence-corrected chi connectivity index (χ3v) is 6.43. The number of rotatable bonds is 0. The SMILES string of the molecule is [Cl][Mn][Cl].c1cc2nc(c1)CN[C@H]1CCCC[C@@H]1NCCNC1CCCCC1NC2. The second kappa shape index (κ2) is 13.5. The summed E-state index contributed by atoms with van der Waals surface area (Å²) in [7, 11) is 9.59. The molecule has 4 N–H and O–H groups in total. The normalized spacial score (nSPS) is 31.1. The van der Waals surface area contributed by atoms with E-state index in [4.69, 9.17) is 25.2 Å². The Balaban J connectivity index is 0.000000755. The second-order valence-electron chi connectivity index (χ2n) is 8.34. The standard InChI is InChI=1S/C21H35N5.2ClH.Mn/c1-3-10-20-18(8-1)22-12-13-23-19-9-2-4-11-21(19)25-15-17-7-5-6-16(26-17)14-24-20;;;/h5-7,18-25H,1-4,8-15H2;2*1H;/q;;;+2/p-2/t18-,19?,20-,21?;;;/m0.../s1. The zero-order valence-corrected chi connectivity index (χ0v) is 19.8. The molecule has 0 radical (unpaired) electrons. The van der Waals surface area contributed by atoms with Gasteiger partial charge in [0.1, 0.15) is 0 Å². The fraction of sp³-hybridized carbons (Fsp3) is 0.762. The van der Waals surface area contributed by atoms with Crippen molar-refractivity contribution in [3.63, 3.8) is 0 Å². The Labute approximate surface area is 190 Å². The minimum atomic E-state index is 0.00694. The Morgan fingerprint density at radius 1 is 0.690 bits per heavy atom. The summed E-state index contributed by atoms with van der Waals surface area (Å²) in [6, 6.07) is 8.81. The predicted octanol–water partition coefficient (Wildman–Crippen LogP) is 3.45. The van der Waals surface area contributed by atoms with Gasteiger partial charge >= 0.3 is 33.3 Å². The van der Waals surface area contributed by atoms with E-state index in [2.05, 4.69) is 39.5 Å². The third kappa shape index (κ3) is 7.93. The van der Waals surface area contributed by atoms with Crippen LogP contribution in [0.4, 0.5) is 0 Å². The molecule has 3 aliphatic rings. The number of halogens is 2. The second-order valence-corrected chi connectivity index (χ2v) is 10.3. The molecule has 0 spiro atoms. The predicted molar refractivity (Wildman–Crippen MR) is 118 cm³/mol. The number of pyridine rings is 1. The topological polar surface area (TPSA) is 61.0 Å². The van der Waals surface area contributed by atoms with E-state index in [1.165, 1.54) is 62.8 Å². The molecule has 1 aliphatic heterocycles. The first-order valence-electron chi connectivity index (χ1n) is 11.1. The van der Waals surface area contributed by atoms with Crippen molar-refractivity contribution in [2.75, 3.05) is 13.1 Å². The first kappa shape index (κ1) is 23.7. The van der Waals surface area contributed by atoms with Gasteiger partial charge < -0.3 is 21.3 Å². The molecule has 4 rings (SSSR count). The maximum absolute atomic E-state index is 4.89. The Morgan fingerprint density at radius 2 is 1.07 bits per heavy atom. The molecule has 2 aliphatic carbocycles. The van der Waals surface area contributed by atoms with E-state index in [1.807, 2.05) is 0 Å². The molecule has 1 aromatic rings. The van der Waals surface area contributed by atoms with Gasteiger partial charge in [0.05, 0.1) is 11.4 Å². The van der Waals surface area contributed by atoms with Crippen LogP contribution in [0.15, 0.2) is 18.2 Å². The number of fused-ring (bicyclic) bond motifs is 4. The van der Waals surface area contributed by atoms with E-state index < -0.39 is 0 Å². The molecule has 165 valence electrons. The zero-order valence-electron chi connectivity index (χ0n) is 17.1. The van der Waals surface area contributed by atoms with Gasteiger partial charge in [-0.1, -0.05) is 31.7 Å². The van der Waals surface area contributed by atoms with Crippen LogP contribution in [0, 0.1) is 0 Å². The van der Waals surface area contributed by atoms with E-state index in [0.717, 1.165) is 26.2 Å². The monoisotopic (exact) mass is 482 g/mol. The van der Waals surface area contributed by atoms with E-state index in [0.29, 0.717) is 24.2 Å². The van der Waals surface area contributed by atoms with Gasteiger partial charge in [-0.25, -0.2) is 0 Å². The van der Waals surface area contributed by atoms with Gasteiger partial charge in [-0.15, -0.1) is 0 Å². The largest absolute Gasteiger partial charge is 0.311 e. The molecule has 8 heteroatoms. The molecule has 0 saturated heterocycles. The molecule has 2 unspecified atom stereocenters. The minimum absolute atomic E-state index is 0.00694. The molecule has 2 saturated carbocycles. The van der Waals surface area contributed by atoms with Gasteiger partial charge in [-0.05, 0) is 37.8 Å². The molecular formula is C21H35Cl2MnN5. The van der Waals surface area contributed by atoms with Crippen LogP contribution in [-0.4, -0.2) is 42.2 Å². The molecular weight excluding hydrogens is 448 g/mol. The molecule has 0 aromatic carbocycles. The van der Waals surface area contributed by atoms with Gasteiger partial charge in [-0.3, -0.25) is 4.98 Å². The maximum Gasteiger partial charge on any atom is 0.0545 e. The van der Waals surface area contributed by atoms with E-state index in [-0.39, 0.29) is 13.1 Å². The number of aromatic nitrogens is 1. The fourth-order valence-electron chi connectivity index (χ4n) is 4.95. The smallest absolute Gasteiger partial charge is 0.0545 e. The van der Waals surface area contributed by atoms with Crippen LogP contribution in [0.1, 0.15) is 62.8 Å². The summed E-state index contributed by atoms with van der Waals surface area (Å²) in [5, 5.41) is 15.2. The van der Waals surface area contributed by atoms with Crippen LogP contribution in [0.3, 0.4) is 0 Å². The average molecular weight is 483 g/mol. The van der Waals surface area contributed by atoms with Crippen molar-refractivity contribution in [3.8, 4) is 0 Å². The summed E-state index contributed by atoms with van der Waals surface area (Å²) in [5.74, 6) is 0. The molecule has 29 heavy (non-hydrogen) atoms. The van der Waals surface area contributed by atoms with Crippen LogP contribution < -0.4 is 21.3 Å².